The quantitative estimate of drug-likeness (QED) is 0.415. The first-order chi connectivity index (χ1) is 10.4. The molecule has 1 saturated heterocycles. The molecule has 0 aromatic heterocycles. The van der Waals surface area contributed by atoms with E-state index in [9.17, 15) is 9.46 Å². The van der Waals surface area contributed by atoms with Crippen LogP contribution in [0.2, 0.25) is 0 Å². The van der Waals surface area contributed by atoms with Gasteiger partial charge in [0.25, 0.3) is 7.82 Å². The van der Waals surface area contributed by atoms with Crippen molar-refractivity contribution < 1.29 is 32.5 Å². The minimum atomic E-state index is -4.28. The molecule has 0 aromatic rings. The van der Waals surface area contributed by atoms with Gasteiger partial charge in [-0.15, -0.1) is 0 Å². The maximum Gasteiger partial charge on any atom is 0.268 e. The molecular formula is C14H30NO6P. The van der Waals surface area contributed by atoms with Crippen LogP contribution >= 0.6 is 7.82 Å². The number of likely N-dealkylation sites (tertiary alicyclic amines) is 1. The van der Waals surface area contributed by atoms with Crippen molar-refractivity contribution in [2.75, 3.05) is 60.2 Å². The minimum absolute atomic E-state index is 0.0938. The van der Waals surface area contributed by atoms with Gasteiger partial charge in [-0.2, -0.15) is 0 Å². The summed E-state index contributed by atoms with van der Waals surface area (Å²) in [6, 6.07) is 0. The predicted molar refractivity (Wildman–Crippen MR) is 81.4 cm³/mol. The third-order valence-corrected chi connectivity index (χ3v) is 5.00. The van der Waals surface area contributed by atoms with E-state index in [1.807, 2.05) is 6.92 Å². The normalized spacial score (nSPS) is 22.2. The van der Waals surface area contributed by atoms with Crippen LogP contribution in [-0.2, 0) is 23.1 Å². The second-order valence-corrected chi connectivity index (χ2v) is 7.36. The Labute approximate surface area is 133 Å². The van der Waals surface area contributed by atoms with Crippen molar-refractivity contribution in [2.45, 2.75) is 32.3 Å². The molecule has 0 bridgehead atoms. The first-order valence-corrected chi connectivity index (χ1v) is 9.41. The largest absolute Gasteiger partial charge is 0.756 e. The fourth-order valence-corrected chi connectivity index (χ4v) is 3.25. The van der Waals surface area contributed by atoms with Gasteiger partial charge in [0.2, 0.25) is 0 Å². The molecule has 0 N–H and O–H groups in total. The predicted octanol–water partition coefficient (Wildman–Crippen LogP) is 1.17. The van der Waals surface area contributed by atoms with Crippen molar-refractivity contribution in [3.63, 3.8) is 0 Å². The summed E-state index contributed by atoms with van der Waals surface area (Å²) in [6.45, 7) is 5.59. The van der Waals surface area contributed by atoms with Crippen LogP contribution in [0.5, 0.6) is 0 Å². The molecule has 132 valence electrons. The van der Waals surface area contributed by atoms with Crippen molar-refractivity contribution in [2.24, 2.45) is 0 Å². The number of quaternary nitrogens is 1. The number of hydrogen-bond donors (Lipinski definition) is 0. The second-order valence-electron chi connectivity index (χ2n) is 5.94. The Bertz CT molecular complexity index is 348. The van der Waals surface area contributed by atoms with Gasteiger partial charge in [-0.1, -0.05) is 0 Å². The summed E-state index contributed by atoms with van der Waals surface area (Å²) in [6.07, 6.45) is 3.22. The standard InChI is InChI=1S/C14H30NO6P/c1-4-19-12-14(18-3)13-21-22(16,17)20-11-10-15(2)8-6-5-7-9-15/h14H,4-13H2,1-3H3/t14-/m0/s1. The van der Waals surface area contributed by atoms with Gasteiger partial charge in [-0.25, -0.2) is 0 Å². The van der Waals surface area contributed by atoms with Crippen LogP contribution in [0.1, 0.15) is 26.2 Å². The second kappa shape index (κ2) is 9.98. The number of ether oxygens (including phenoxy) is 2. The van der Waals surface area contributed by atoms with E-state index in [1.165, 1.54) is 26.4 Å². The molecule has 8 heteroatoms. The Morgan fingerprint density at radius 1 is 1.18 bits per heavy atom. The number of likely N-dealkylation sites (N-methyl/N-ethyl adjacent to an activating group) is 1. The van der Waals surface area contributed by atoms with Gasteiger partial charge < -0.3 is 27.9 Å². The smallest absolute Gasteiger partial charge is 0.268 e. The molecule has 0 aliphatic carbocycles. The van der Waals surface area contributed by atoms with E-state index in [1.54, 1.807) is 0 Å². The van der Waals surface area contributed by atoms with E-state index in [2.05, 4.69) is 7.05 Å². The number of rotatable bonds is 11. The van der Waals surface area contributed by atoms with Gasteiger partial charge in [0.15, 0.2) is 0 Å². The van der Waals surface area contributed by atoms with Crippen LogP contribution in [0, 0.1) is 0 Å². The molecule has 1 fully saturated rings. The highest BCUT2D eigenvalue weighted by molar-refractivity contribution is 7.45. The lowest BCUT2D eigenvalue weighted by molar-refractivity contribution is -0.914. The number of phosphoric acid groups is 1. The first-order valence-electron chi connectivity index (χ1n) is 7.95. The molecule has 0 spiro atoms. The van der Waals surface area contributed by atoms with Crippen LogP contribution < -0.4 is 4.89 Å². The molecule has 1 rings (SSSR count). The molecule has 7 nitrogen and oxygen atoms in total. The average molecular weight is 339 g/mol. The fraction of sp³-hybridized carbons (Fsp3) is 1.00. The Kier molecular flexibility index (Phi) is 9.09. The monoisotopic (exact) mass is 339 g/mol. The van der Waals surface area contributed by atoms with Gasteiger partial charge in [0, 0.05) is 13.7 Å². The molecule has 1 aliphatic heterocycles. The molecule has 1 aliphatic rings. The zero-order valence-electron chi connectivity index (χ0n) is 14.0. The third kappa shape index (κ3) is 8.02. The Balaban J connectivity index is 2.26. The van der Waals surface area contributed by atoms with Gasteiger partial charge in [-0.3, -0.25) is 4.57 Å². The summed E-state index contributed by atoms with van der Waals surface area (Å²) in [5, 5.41) is 0. The third-order valence-electron chi connectivity index (χ3n) is 4.04. The number of nitrogens with zero attached hydrogens (tertiary/aromatic N) is 1. The number of hydrogen-bond acceptors (Lipinski definition) is 6. The maximum atomic E-state index is 11.8. The zero-order valence-corrected chi connectivity index (χ0v) is 14.9. The van der Waals surface area contributed by atoms with Crippen LogP contribution in [0.4, 0.5) is 0 Å². The molecule has 0 radical (unpaired) electrons. The van der Waals surface area contributed by atoms with Gasteiger partial charge in [0.1, 0.15) is 19.3 Å². The van der Waals surface area contributed by atoms with E-state index in [0.717, 1.165) is 17.6 Å². The number of methoxy groups -OCH3 is 1. The van der Waals surface area contributed by atoms with Crippen molar-refractivity contribution >= 4 is 7.82 Å². The highest BCUT2D eigenvalue weighted by Gasteiger charge is 2.25. The highest BCUT2D eigenvalue weighted by atomic mass is 31.2. The summed E-state index contributed by atoms with van der Waals surface area (Å²) in [4.78, 5) is 11.8. The molecule has 1 heterocycles. The van der Waals surface area contributed by atoms with Crippen LogP contribution in [0.15, 0.2) is 0 Å². The molecule has 0 saturated carbocycles. The van der Waals surface area contributed by atoms with Gasteiger partial charge in [-0.05, 0) is 26.2 Å². The van der Waals surface area contributed by atoms with Gasteiger partial charge in [0.05, 0.1) is 33.4 Å². The van der Waals surface area contributed by atoms with Crippen LogP contribution in [0.25, 0.3) is 0 Å². The number of piperidine rings is 1. The van der Waals surface area contributed by atoms with Crippen LogP contribution in [0.3, 0.4) is 0 Å². The summed E-state index contributed by atoms with van der Waals surface area (Å²) in [5.41, 5.74) is 0. The topological polar surface area (TPSA) is 77.1 Å². The van der Waals surface area contributed by atoms with E-state index in [4.69, 9.17) is 18.5 Å². The van der Waals surface area contributed by atoms with Gasteiger partial charge >= 0.3 is 0 Å². The molecular weight excluding hydrogens is 309 g/mol. The van der Waals surface area contributed by atoms with E-state index in [0.29, 0.717) is 19.8 Å². The van der Waals surface area contributed by atoms with Crippen LogP contribution in [-0.4, -0.2) is 70.8 Å². The lowest BCUT2D eigenvalue weighted by Gasteiger charge is -2.38. The molecule has 0 amide bonds. The Hall–Kier alpha value is -0.0100. The summed E-state index contributed by atoms with van der Waals surface area (Å²) in [7, 11) is -0.653. The first kappa shape index (κ1) is 20.0. The minimum Gasteiger partial charge on any atom is -0.756 e. The number of phosphoric ester groups is 1. The molecule has 2 atom stereocenters. The van der Waals surface area contributed by atoms with Crippen molar-refractivity contribution in [3.05, 3.63) is 0 Å². The molecule has 0 aromatic carbocycles. The summed E-state index contributed by atoms with van der Waals surface area (Å²) >= 11 is 0. The average Bonchev–Trinajstić information content (AvgIpc) is 2.48. The van der Waals surface area contributed by atoms with Crippen molar-refractivity contribution in [1.82, 2.24) is 0 Å². The fourth-order valence-electron chi connectivity index (χ4n) is 2.52. The van der Waals surface area contributed by atoms with E-state index >= 15 is 0 Å². The van der Waals surface area contributed by atoms with E-state index in [-0.39, 0.29) is 13.2 Å². The van der Waals surface area contributed by atoms with E-state index < -0.39 is 13.9 Å². The highest BCUT2D eigenvalue weighted by Crippen LogP contribution is 2.38. The van der Waals surface area contributed by atoms with Crippen molar-refractivity contribution in [1.29, 1.82) is 0 Å². The maximum absolute atomic E-state index is 11.8. The summed E-state index contributed by atoms with van der Waals surface area (Å²) < 4.78 is 32.7. The van der Waals surface area contributed by atoms with Crippen molar-refractivity contribution in [3.8, 4) is 0 Å². The zero-order chi connectivity index (χ0) is 16.5. The lowest BCUT2D eigenvalue weighted by Crippen LogP contribution is -2.49. The summed E-state index contributed by atoms with van der Waals surface area (Å²) in [5.74, 6) is 0. The molecule has 22 heavy (non-hydrogen) atoms. The molecule has 1 unspecified atom stereocenters. The lowest BCUT2D eigenvalue weighted by atomic mass is 10.1. The Morgan fingerprint density at radius 2 is 1.86 bits per heavy atom. The SMILES string of the molecule is CCOC[C@@H](COP(=O)([O-])OCC[N+]1(C)CCCCC1)OC. The Morgan fingerprint density at radius 3 is 2.45 bits per heavy atom.